The van der Waals surface area contributed by atoms with Crippen molar-refractivity contribution in [3.8, 4) is 0 Å². The van der Waals surface area contributed by atoms with Crippen molar-refractivity contribution in [2.45, 2.75) is 6.92 Å². The van der Waals surface area contributed by atoms with Gasteiger partial charge >= 0.3 is 0 Å². The first-order chi connectivity index (χ1) is 14.6. The van der Waals surface area contributed by atoms with Gasteiger partial charge in [-0.1, -0.05) is 48.5 Å². The van der Waals surface area contributed by atoms with E-state index in [0.717, 1.165) is 22.0 Å². The molecule has 0 aliphatic heterocycles. The van der Waals surface area contributed by atoms with E-state index in [1.807, 2.05) is 67.7 Å². The minimum Gasteiger partial charge on any atom is -0.361 e. The van der Waals surface area contributed by atoms with Crippen molar-refractivity contribution in [2.24, 2.45) is 0 Å². The average molecular weight is 395 g/mol. The van der Waals surface area contributed by atoms with Crippen LogP contribution in [-0.2, 0) is 4.79 Å². The van der Waals surface area contributed by atoms with Crippen LogP contribution in [0.5, 0.6) is 0 Å². The number of aromatic amines is 1. The predicted molar refractivity (Wildman–Crippen MR) is 120 cm³/mol. The Balaban J connectivity index is 1.68. The summed E-state index contributed by atoms with van der Waals surface area (Å²) in [7, 11) is 0. The molecule has 0 atom stereocenters. The van der Waals surface area contributed by atoms with E-state index in [9.17, 15) is 9.59 Å². The summed E-state index contributed by atoms with van der Waals surface area (Å²) in [6.07, 6.45) is 3.50. The number of hydrogen-bond donors (Lipinski definition) is 3. The zero-order valence-corrected chi connectivity index (χ0v) is 16.5. The number of nitrogens with one attached hydrogen (secondary N) is 3. The molecule has 2 amide bonds. The largest absolute Gasteiger partial charge is 0.361 e. The van der Waals surface area contributed by atoms with Gasteiger partial charge in [-0.2, -0.15) is 0 Å². The fourth-order valence-electron chi connectivity index (χ4n) is 3.23. The lowest BCUT2D eigenvalue weighted by atomic mass is 10.1. The molecule has 3 N–H and O–H groups in total. The molecule has 0 aliphatic rings. The molecule has 5 nitrogen and oxygen atoms in total. The summed E-state index contributed by atoms with van der Waals surface area (Å²) in [4.78, 5) is 29.0. The van der Waals surface area contributed by atoms with Crippen LogP contribution in [0, 0.1) is 6.92 Å². The minimum absolute atomic E-state index is 0.162. The maximum Gasteiger partial charge on any atom is 0.272 e. The van der Waals surface area contributed by atoms with E-state index < -0.39 is 5.91 Å². The highest BCUT2D eigenvalue weighted by Crippen LogP contribution is 2.21. The van der Waals surface area contributed by atoms with Gasteiger partial charge in [-0.05, 0) is 48.9 Å². The number of benzene rings is 3. The van der Waals surface area contributed by atoms with Gasteiger partial charge in [0.2, 0.25) is 0 Å². The van der Waals surface area contributed by atoms with E-state index in [1.165, 1.54) is 0 Å². The number of carbonyl (C=O) groups is 2. The van der Waals surface area contributed by atoms with Crippen LogP contribution < -0.4 is 10.6 Å². The highest BCUT2D eigenvalue weighted by Gasteiger charge is 2.16. The Hall–Kier alpha value is -4.12. The molecule has 1 aromatic heterocycles. The molecule has 0 spiro atoms. The van der Waals surface area contributed by atoms with Crippen LogP contribution in [0.25, 0.3) is 17.0 Å². The van der Waals surface area contributed by atoms with E-state index >= 15 is 0 Å². The van der Waals surface area contributed by atoms with Crippen LogP contribution in [-0.4, -0.2) is 16.8 Å². The Morgan fingerprint density at radius 2 is 1.67 bits per heavy atom. The van der Waals surface area contributed by atoms with E-state index in [-0.39, 0.29) is 11.6 Å². The van der Waals surface area contributed by atoms with Crippen molar-refractivity contribution in [2.75, 3.05) is 5.32 Å². The van der Waals surface area contributed by atoms with Crippen molar-refractivity contribution in [3.05, 3.63) is 107 Å². The maximum absolute atomic E-state index is 13.0. The van der Waals surface area contributed by atoms with Crippen LogP contribution in [0.4, 0.5) is 5.69 Å². The quantitative estimate of drug-likeness (QED) is 0.421. The zero-order valence-electron chi connectivity index (χ0n) is 16.5. The highest BCUT2D eigenvalue weighted by atomic mass is 16.2. The molecule has 148 valence electrons. The molecular weight excluding hydrogens is 374 g/mol. The first kappa shape index (κ1) is 19.2. The molecule has 3 aromatic carbocycles. The Kier molecular flexibility index (Phi) is 5.44. The smallest absolute Gasteiger partial charge is 0.272 e. The molecule has 30 heavy (non-hydrogen) atoms. The molecule has 0 fully saturated rings. The topological polar surface area (TPSA) is 74.0 Å². The number of H-pyrrole nitrogens is 1. The third-order valence-corrected chi connectivity index (χ3v) is 4.73. The van der Waals surface area contributed by atoms with Crippen molar-refractivity contribution in [1.82, 2.24) is 10.3 Å². The van der Waals surface area contributed by atoms with Crippen LogP contribution in [0.1, 0.15) is 21.5 Å². The fraction of sp³-hybridized carbons (Fsp3) is 0.0400. The van der Waals surface area contributed by atoms with Gasteiger partial charge in [0.1, 0.15) is 5.70 Å². The van der Waals surface area contributed by atoms with E-state index in [2.05, 4.69) is 15.6 Å². The fourth-order valence-corrected chi connectivity index (χ4v) is 3.23. The lowest BCUT2D eigenvalue weighted by Gasteiger charge is -2.11. The van der Waals surface area contributed by atoms with Crippen molar-refractivity contribution >= 4 is 34.5 Å². The number of amides is 2. The summed E-state index contributed by atoms with van der Waals surface area (Å²) in [6.45, 7) is 1.95. The third kappa shape index (κ3) is 4.31. The number of hydrogen-bond acceptors (Lipinski definition) is 2. The molecule has 0 unspecified atom stereocenters. The summed E-state index contributed by atoms with van der Waals surface area (Å²) in [5.74, 6) is -0.740. The number of rotatable bonds is 5. The number of para-hydroxylation sites is 1. The second-order valence-corrected chi connectivity index (χ2v) is 6.99. The van der Waals surface area contributed by atoms with Gasteiger partial charge in [0.05, 0.1) is 0 Å². The van der Waals surface area contributed by atoms with Crippen LogP contribution in [0.15, 0.2) is 90.8 Å². The van der Waals surface area contributed by atoms with Crippen LogP contribution in [0.3, 0.4) is 0 Å². The molecule has 4 aromatic rings. The first-order valence-electron chi connectivity index (χ1n) is 9.62. The molecule has 5 heteroatoms. The highest BCUT2D eigenvalue weighted by molar-refractivity contribution is 6.11. The Labute approximate surface area is 174 Å². The Morgan fingerprint density at radius 3 is 2.47 bits per heavy atom. The maximum atomic E-state index is 13.0. The first-order valence-corrected chi connectivity index (χ1v) is 9.62. The predicted octanol–water partition coefficient (Wildman–Crippen LogP) is 4.89. The lowest BCUT2D eigenvalue weighted by molar-refractivity contribution is -0.113. The lowest BCUT2D eigenvalue weighted by Crippen LogP contribution is -2.30. The monoisotopic (exact) mass is 395 g/mol. The number of anilines is 1. The molecule has 0 bridgehead atoms. The molecule has 0 radical (unpaired) electrons. The Bertz CT molecular complexity index is 1240. The van der Waals surface area contributed by atoms with E-state index in [1.54, 1.807) is 30.3 Å². The van der Waals surface area contributed by atoms with Crippen LogP contribution >= 0.6 is 0 Å². The number of aryl methyl sites for hydroxylation is 1. The summed E-state index contributed by atoms with van der Waals surface area (Å²) in [5.41, 5.74) is 4.10. The van der Waals surface area contributed by atoms with Gasteiger partial charge in [0.15, 0.2) is 0 Å². The van der Waals surface area contributed by atoms with Crippen LogP contribution in [0.2, 0.25) is 0 Å². The number of aromatic nitrogens is 1. The summed E-state index contributed by atoms with van der Waals surface area (Å²) < 4.78 is 0. The SMILES string of the molecule is Cc1cccc(NC(=O)/C(=C\c2c[nH]c3ccccc23)NC(=O)c2ccccc2)c1. The molecular formula is C25H21N3O2. The van der Waals surface area contributed by atoms with Crippen molar-refractivity contribution < 1.29 is 9.59 Å². The average Bonchev–Trinajstić information content (AvgIpc) is 3.17. The summed E-state index contributed by atoms with van der Waals surface area (Å²) in [5, 5.41) is 6.60. The van der Waals surface area contributed by atoms with E-state index in [0.29, 0.717) is 11.3 Å². The second-order valence-electron chi connectivity index (χ2n) is 6.99. The van der Waals surface area contributed by atoms with Gasteiger partial charge < -0.3 is 15.6 Å². The van der Waals surface area contributed by atoms with Gasteiger partial charge in [-0.3, -0.25) is 9.59 Å². The molecule has 1 heterocycles. The van der Waals surface area contributed by atoms with E-state index in [4.69, 9.17) is 0 Å². The normalized spacial score (nSPS) is 11.3. The molecule has 0 aliphatic carbocycles. The van der Waals surface area contributed by atoms with Gasteiger partial charge in [-0.15, -0.1) is 0 Å². The van der Waals surface area contributed by atoms with Crippen molar-refractivity contribution in [3.63, 3.8) is 0 Å². The summed E-state index contributed by atoms with van der Waals surface area (Å²) in [6, 6.07) is 24.1. The molecule has 0 saturated heterocycles. The third-order valence-electron chi connectivity index (χ3n) is 4.73. The number of fused-ring (bicyclic) bond motifs is 1. The zero-order chi connectivity index (χ0) is 20.9. The van der Waals surface area contributed by atoms with Crippen molar-refractivity contribution in [1.29, 1.82) is 0 Å². The molecule has 0 saturated carbocycles. The number of carbonyl (C=O) groups excluding carboxylic acids is 2. The second kappa shape index (κ2) is 8.49. The van der Waals surface area contributed by atoms with Gasteiger partial charge in [-0.25, -0.2) is 0 Å². The standard InChI is InChI=1S/C25H21N3O2/c1-17-8-7-11-20(14-17)27-25(30)23(28-24(29)18-9-3-2-4-10-18)15-19-16-26-22-13-6-5-12-21(19)22/h2-16,26H,1H3,(H,27,30)(H,28,29)/b23-15+. The Morgan fingerprint density at radius 1 is 0.900 bits per heavy atom. The summed E-state index contributed by atoms with van der Waals surface area (Å²) >= 11 is 0. The molecule has 4 rings (SSSR count). The van der Waals surface area contributed by atoms with Gasteiger partial charge in [0.25, 0.3) is 11.8 Å². The minimum atomic E-state index is -0.393. The van der Waals surface area contributed by atoms with Gasteiger partial charge in [0, 0.05) is 33.9 Å².